The second kappa shape index (κ2) is 4.23. The standard InChI is InChI=1S/C10H16ClN3O/c1-5-10(2,3)13-7-6-12-14(4)9(15)8(7)11/h6,13H,5H2,1-4H3. The number of halogens is 1. The van der Waals surface area contributed by atoms with E-state index in [-0.39, 0.29) is 16.1 Å². The Labute approximate surface area is 94.3 Å². The van der Waals surface area contributed by atoms with Crippen molar-refractivity contribution >= 4 is 17.3 Å². The minimum absolute atomic E-state index is 0.0995. The Morgan fingerprint density at radius 1 is 1.60 bits per heavy atom. The molecule has 0 spiro atoms. The SMILES string of the molecule is CCC(C)(C)Nc1cnn(C)c(=O)c1Cl. The maximum Gasteiger partial charge on any atom is 0.287 e. The summed E-state index contributed by atoms with van der Waals surface area (Å²) in [6, 6.07) is 0. The molecule has 0 atom stereocenters. The molecule has 1 aromatic rings. The number of hydrogen-bond donors (Lipinski definition) is 1. The molecule has 0 saturated heterocycles. The molecule has 15 heavy (non-hydrogen) atoms. The molecule has 0 aromatic carbocycles. The van der Waals surface area contributed by atoms with Gasteiger partial charge in [-0.1, -0.05) is 18.5 Å². The van der Waals surface area contributed by atoms with Crippen LogP contribution in [0, 0.1) is 0 Å². The fourth-order valence-electron chi connectivity index (χ4n) is 1.05. The lowest BCUT2D eigenvalue weighted by Gasteiger charge is -2.26. The highest BCUT2D eigenvalue weighted by Crippen LogP contribution is 2.21. The van der Waals surface area contributed by atoms with Crippen molar-refractivity contribution in [3.63, 3.8) is 0 Å². The average Bonchev–Trinajstić information content (AvgIpc) is 2.19. The van der Waals surface area contributed by atoms with Gasteiger partial charge in [0.05, 0.1) is 11.9 Å². The molecule has 1 aromatic heterocycles. The van der Waals surface area contributed by atoms with Crippen LogP contribution in [0.1, 0.15) is 27.2 Å². The molecule has 0 aliphatic carbocycles. The molecule has 0 saturated carbocycles. The van der Waals surface area contributed by atoms with E-state index in [1.54, 1.807) is 13.2 Å². The van der Waals surface area contributed by atoms with Gasteiger partial charge in [-0.15, -0.1) is 0 Å². The van der Waals surface area contributed by atoms with Crippen molar-refractivity contribution < 1.29 is 0 Å². The van der Waals surface area contributed by atoms with Crippen LogP contribution in [0.25, 0.3) is 0 Å². The molecule has 84 valence electrons. The fourth-order valence-corrected chi connectivity index (χ4v) is 1.27. The van der Waals surface area contributed by atoms with Gasteiger partial charge in [0.2, 0.25) is 0 Å². The summed E-state index contributed by atoms with van der Waals surface area (Å²) in [4.78, 5) is 11.5. The van der Waals surface area contributed by atoms with Crippen molar-refractivity contribution in [2.75, 3.05) is 5.32 Å². The first kappa shape index (κ1) is 12.0. The smallest absolute Gasteiger partial charge is 0.287 e. The Morgan fingerprint density at radius 2 is 2.20 bits per heavy atom. The molecular weight excluding hydrogens is 214 g/mol. The largest absolute Gasteiger partial charge is 0.378 e. The minimum atomic E-state index is -0.284. The van der Waals surface area contributed by atoms with E-state index < -0.39 is 0 Å². The number of anilines is 1. The molecule has 4 nitrogen and oxygen atoms in total. The van der Waals surface area contributed by atoms with Crippen LogP contribution in [0.2, 0.25) is 5.02 Å². The third-order valence-corrected chi connectivity index (χ3v) is 2.80. The Balaban J connectivity index is 3.08. The van der Waals surface area contributed by atoms with Gasteiger partial charge in [0.1, 0.15) is 5.02 Å². The van der Waals surface area contributed by atoms with Crippen molar-refractivity contribution in [1.82, 2.24) is 9.78 Å². The van der Waals surface area contributed by atoms with Crippen LogP contribution >= 0.6 is 11.6 Å². The van der Waals surface area contributed by atoms with E-state index in [1.807, 2.05) is 13.8 Å². The van der Waals surface area contributed by atoms with Gasteiger partial charge in [-0.3, -0.25) is 4.79 Å². The summed E-state index contributed by atoms with van der Waals surface area (Å²) in [6.45, 7) is 6.15. The molecule has 0 fully saturated rings. The zero-order chi connectivity index (χ0) is 11.6. The predicted molar refractivity (Wildman–Crippen MR) is 62.5 cm³/mol. The lowest BCUT2D eigenvalue weighted by Crippen LogP contribution is -2.31. The fraction of sp³-hybridized carbons (Fsp3) is 0.600. The minimum Gasteiger partial charge on any atom is -0.378 e. The lowest BCUT2D eigenvalue weighted by molar-refractivity contribution is 0.545. The lowest BCUT2D eigenvalue weighted by atomic mass is 10.0. The second-order valence-electron chi connectivity index (χ2n) is 4.16. The number of hydrogen-bond acceptors (Lipinski definition) is 3. The zero-order valence-electron chi connectivity index (χ0n) is 9.47. The molecule has 0 unspecified atom stereocenters. The molecule has 0 aliphatic rings. The first-order valence-corrected chi connectivity index (χ1v) is 5.25. The highest BCUT2D eigenvalue weighted by atomic mass is 35.5. The molecule has 1 heterocycles. The van der Waals surface area contributed by atoms with Gasteiger partial charge in [0, 0.05) is 12.6 Å². The predicted octanol–water partition coefficient (Wildman–Crippen LogP) is 2.03. The van der Waals surface area contributed by atoms with Gasteiger partial charge < -0.3 is 5.32 Å². The molecular formula is C10H16ClN3O. The molecule has 0 radical (unpaired) electrons. The molecule has 1 N–H and O–H groups in total. The maximum atomic E-state index is 11.5. The van der Waals surface area contributed by atoms with E-state index in [2.05, 4.69) is 17.3 Å². The zero-order valence-corrected chi connectivity index (χ0v) is 10.2. The number of rotatable bonds is 3. The van der Waals surface area contributed by atoms with Crippen LogP contribution in [-0.2, 0) is 7.05 Å². The summed E-state index contributed by atoms with van der Waals surface area (Å²) in [5.74, 6) is 0. The topological polar surface area (TPSA) is 46.9 Å². The Hall–Kier alpha value is -1.03. The van der Waals surface area contributed by atoms with Crippen LogP contribution in [0.4, 0.5) is 5.69 Å². The van der Waals surface area contributed by atoms with Crippen molar-refractivity contribution in [2.24, 2.45) is 7.05 Å². The third-order valence-electron chi connectivity index (χ3n) is 2.44. The summed E-state index contributed by atoms with van der Waals surface area (Å²) >= 11 is 5.93. The van der Waals surface area contributed by atoms with Crippen molar-refractivity contribution in [3.05, 3.63) is 21.6 Å². The van der Waals surface area contributed by atoms with Gasteiger partial charge in [0.25, 0.3) is 5.56 Å². The van der Waals surface area contributed by atoms with E-state index in [9.17, 15) is 4.79 Å². The van der Waals surface area contributed by atoms with E-state index in [0.717, 1.165) is 6.42 Å². The Kier molecular flexibility index (Phi) is 3.39. The van der Waals surface area contributed by atoms with Crippen LogP contribution in [0.5, 0.6) is 0 Å². The summed E-state index contributed by atoms with van der Waals surface area (Å²) < 4.78 is 1.21. The van der Waals surface area contributed by atoms with Gasteiger partial charge >= 0.3 is 0 Å². The third kappa shape index (κ3) is 2.72. The summed E-state index contributed by atoms with van der Waals surface area (Å²) in [5.41, 5.74) is 0.206. The molecule has 0 amide bonds. The molecule has 0 aliphatic heterocycles. The number of aromatic nitrogens is 2. The van der Waals surface area contributed by atoms with Crippen molar-refractivity contribution in [3.8, 4) is 0 Å². The summed E-state index contributed by atoms with van der Waals surface area (Å²) in [5, 5.41) is 7.30. The van der Waals surface area contributed by atoms with Gasteiger partial charge in [-0.05, 0) is 20.3 Å². The average molecular weight is 230 g/mol. The maximum absolute atomic E-state index is 11.5. The Morgan fingerprint density at radius 3 is 2.73 bits per heavy atom. The molecule has 1 rings (SSSR count). The summed E-state index contributed by atoms with van der Waals surface area (Å²) in [6.07, 6.45) is 2.50. The van der Waals surface area contributed by atoms with E-state index >= 15 is 0 Å². The Bertz CT molecular complexity index is 412. The van der Waals surface area contributed by atoms with Gasteiger partial charge in [-0.25, -0.2) is 4.68 Å². The number of nitrogens with zero attached hydrogens (tertiary/aromatic N) is 2. The monoisotopic (exact) mass is 229 g/mol. The van der Waals surface area contributed by atoms with Crippen molar-refractivity contribution in [1.29, 1.82) is 0 Å². The van der Waals surface area contributed by atoms with Crippen LogP contribution in [-0.4, -0.2) is 15.3 Å². The van der Waals surface area contributed by atoms with E-state index in [1.165, 1.54) is 4.68 Å². The second-order valence-corrected chi connectivity index (χ2v) is 4.54. The highest BCUT2D eigenvalue weighted by molar-refractivity contribution is 6.32. The first-order chi connectivity index (χ1) is 6.87. The molecule has 0 bridgehead atoms. The quantitative estimate of drug-likeness (QED) is 0.863. The normalized spacial score (nSPS) is 11.5. The van der Waals surface area contributed by atoms with Crippen LogP contribution in [0.3, 0.4) is 0 Å². The number of nitrogens with one attached hydrogen (secondary N) is 1. The van der Waals surface area contributed by atoms with Gasteiger partial charge in [-0.2, -0.15) is 5.10 Å². The van der Waals surface area contributed by atoms with Gasteiger partial charge in [0.15, 0.2) is 0 Å². The van der Waals surface area contributed by atoms with E-state index in [0.29, 0.717) is 5.69 Å². The van der Waals surface area contributed by atoms with E-state index in [4.69, 9.17) is 11.6 Å². The first-order valence-electron chi connectivity index (χ1n) is 4.87. The van der Waals surface area contributed by atoms with Crippen LogP contribution < -0.4 is 10.9 Å². The highest BCUT2D eigenvalue weighted by Gasteiger charge is 2.17. The molecule has 5 heteroatoms. The van der Waals surface area contributed by atoms with Crippen molar-refractivity contribution in [2.45, 2.75) is 32.7 Å². The number of aryl methyl sites for hydroxylation is 1. The summed E-state index contributed by atoms with van der Waals surface area (Å²) in [7, 11) is 1.57. The van der Waals surface area contributed by atoms with Crippen LogP contribution in [0.15, 0.2) is 11.0 Å².